The van der Waals surface area contributed by atoms with Crippen LogP contribution in [0.4, 0.5) is 0 Å². The van der Waals surface area contributed by atoms with Crippen LogP contribution in [0.15, 0.2) is 12.3 Å². The molecule has 6 nitrogen and oxygen atoms in total. The quantitative estimate of drug-likeness (QED) is 0.605. The molecule has 0 fully saturated rings. The Balaban J connectivity index is 0. The van der Waals surface area contributed by atoms with Gasteiger partial charge in [0.15, 0.2) is 0 Å². The van der Waals surface area contributed by atoms with E-state index in [1.165, 1.54) is 0 Å². The summed E-state index contributed by atoms with van der Waals surface area (Å²) in [5, 5.41) is 0. The van der Waals surface area contributed by atoms with E-state index >= 15 is 0 Å². The molecule has 0 heterocycles. The Labute approximate surface area is 125 Å². The lowest BCUT2D eigenvalue weighted by molar-refractivity contribution is 0.119. The van der Waals surface area contributed by atoms with Gasteiger partial charge in [-0.05, 0) is 11.6 Å². The Kier molecular flexibility index (Phi) is 12.9. The van der Waals surface area contributed by atoms with Crippen LogP contribution in [-0.4, -0.2) is 60.3 Å². The van der Waals surface area contributed by atoms with Crippen molar-refractivity contribution < 1.29 is 26.6 Å². The van der Waals surface area contributed by atoms with Gasteiger partial charge in [-0.25, -0.2) is 0 Å². The third-order valence-electron chi connectivity index (χ3n) is 2.69. The Bertz CT molecular complexity index is 226. The van der Waals surface area contributed by atoms with Crippen LogP contribution >= 0.6 is 0 Å². The van der Waals surface area contributed by atoms with Crippen molar-refractivity contribution in [3.05, 3.63) is 12.3 Å². The van der Waals surface area contributed by atoms with Crippen molar-refractivity contribution in [3.8, 4) is 0 Å². The monoisotopic (exact) mass is 326 g/mol. The summed E-state index contributed by atoms with van der Waals surface area (Å²) in [5.74, 6) is 0.543. The zero-order valence-electron chi connectivity index (χ0n) is 14.0. The molecule has 0 atom stereocenters. The largest absolute Gasteiger partial charge is 0.528 e. The molecule has 0 N–H and O–H groups in total. The molecule has 8 heteroatoms. The van der Waals surface area contributed by atoms with Crippen LogP contribution in [0, 0.1) is 5.92 Å². The minimum atomic E-state index is -2.43. The Morgan fingerprint density at radius 1 is 0.800 bits per heavy atom. The van der Waals surface area contributed by atoms with Gasteiger partial charge in [-0.15, -0.1) is 0 Å². The molecule has 0 spiro atoms. The maximum absolute atomic E-state index is 5.24. The van der Waals surface area contributed by atoms with Crippen molar-refractivity contribution in [2.75, 3.05) is 42.7 Å². The molecule has 0 saturated carbocycles. The molecule has 0 amide bonds. The molecule has 122 valence electrons. The van der Waals surface area contributed by atoms with Crippen LogP contribution in [0.5, 0.6) is 0 Å². The van der Waals surface area contributed by atoms with E-state index in [0.29, 0.717) is 5.92 Å². The molecular formula is C12H30O6Si2. The van der Waals surface area contributed by atoms with Gasteiger partial charge >= 0.3 is 17.6 Å². The van der Waals surface area contributed by atoms with Gasteiger partial charge in [0, 0.05) is 48.7 Å². The van der Waals surface area contributed by atoms with Crippen molar-refractivity contribution in [2.45, 2.75) is 19.9 Å². The molecule has 0 aliphatic heterocycles. The van der Waals surface area contributed by atoms with Crippen LogP contribution in [-0.2, 0) is 26.6 Å². The number of rotatable bonds is 9. The fourth-order valence-electron chi connectivity index (χ4n) is 1.50. The summed E-state index contributed by atoms with van der Waals surface area (Å²) in [5.41, 5.74) is 1.58. The van der Waals surface area contributed by atoms with Gasteiger partial charge in [-0.1, -0.05) is 20.4 Å². The van der Waals surface area contributed by atoms with Gasteiger partial charge < -0.3 is 26.6 Å². The first-order valence-corrected chi connectivity index (χ1v) is 10.0. The molecule has 0 unspecified atom stereocenters. The lowest BCUT2D eigenvalue weighted by Gasteiger charge is -2.25. The Morgan fingerprint density at radius 2 is 1.15 bits per heavy atom. The Hall–Kier alpha value is -0.0662. The lowest BCUT2D eigenvalue weighted by Crippen LogP contribution is -2.43. The third kappa shape index (κ3) is 7.65. The second-order valence-electron chi connectivity index (χ2n) is 4.31. The Morgan fingerprint density at radius 3 is 1.20 bits per heavy atom. The molecule has 0 aromatic rings. The van der Waals surface area contributed by atoms with Gasteiger partial charge in [0.25, 0.3) is 0 Å². The van der Waals surface area contributed by atoms with Crippen molar-refractivity contribution in [2.24, 2.45) is 5.92 Å². The standard InChI is InChI=1S/C7H18O3Si.C5H12O3Si/c1-7(2)6-11(8-3,9-4)10-5;1-5-9(6-2,7-3)8-4/h7H,6H2,1-5H3;5H,1H2,2-4H3. The van der Waals surface area contributed by atoms with E-state index in [0.717, 1.165) is 6.04 Å². The van der Waals surface area contributed by atoms with Gasteiger partial charge in [-0.2, -0.15) is 0 Å². The third-order valence-corrected chi connectivity index (χ3v) is 8.08. The van der Waals surface area contributed by atoms with E-state index in [-0.39, 0.29) is 0 Å². The van der Waals surface area contributed by atoms with Gasteiger partial charge in [0.05, 0.1) is 0 Å². The van der Waals surface area contributed by atoms with E-state index in [9.17, 15) is 0 Å². The van der Waals surface area contributed by atoms with E-state index in [1.54, 1.807) is 48.4 Å². The minimum absolute atomic E-state index is 0.543. The smallest absolute Gasteiger partial charge is 0.377 e. The zero-order valence-corrected chi connectivity index (χ0v) is 16.0. The predicted molar refractivity (Wildman–Crippen MR) is 83.4 cm³/mol. The molecule has 0 aliphatic carbocycles. The second kappa shape index (κ2) is 11.6. The summed E-state index contributed by atoms with van der Waals surface area (Å²) in [7, 11) is 4.84. The summed E-state index contributed by atoms with van der Waals surface area (Å²) >= 11 is 0. The molecule has 0 radical (unpaired) electrons. The molecule has 0 aliphatic rings. The molecular weight excluding hydrogens is 296 g/mol. The molecule has 0 rings (SSSR count). The van der Waals surface area contributed by atoms with Gasteiger partial charge in [0.2, 0.25) is 0 Å². The fourth-order valence-corrected chi connectivity index (χ4v) is 4.50. The van der Waals surface area contributed by atoms with E-state index in [1.807, 2.05) is 0 Å². The van der Waals surface area contributed by atoms with Crippen LogP contribution in [0.25, 0.3) is 0 Å². The van der Waals surface area contributed by atoms with E-state index < -0.39 is 17.6 Å². The first-order valence-electron chi connectivity index (χ1n) is 6.29. The molecule has 20 heavy (non-hydrogen) atoms. The van der Waals surface area contributed by atoms with Crippen LogP contribution < -0.4 is 0 Å². The van der Waals surface area contributed by atoms with Gasteiger partial charge in [0.1, 0.15) is 0 Å². The summed E-state index contributed by atoms with van der Waals surface area (Å²) < 4.78 is 30.6. The maximum atomic E-state index is 5.24. The first-order chi connectivity index (χ1) is 9.34. The van der Waals surface area contributed by atoms with Crippen LogP contribution in [0.3, 0.4) is 0 Å². The van der Waals surface area contributed by atoms with Crippen molar-refractivity contribution in [1.82, 2.24) is 0 Å². The van der Waals surface area contributed by atoms with Crippen LogP contribution in [0.1, 0.15) is 13.8 Å². The molecule has 0 saturated heterocycles. The summed E-state index contributed by atoms with van der Waals surface area (Å²) in [6, 6.07) is 0.872. The number of hydrogen-bond donors (Lipinski definition) is 0. The van der Waals surface area contributed by atoms with Crippen molar-refractivity contribution in [1.29, 1.82) is 0 Å². The highest BCUT2D eigenvalue weighted by molar-refractivity contribution is 6.66. The fraction of sp³-hybridized carbons (Fsp3) is 0.833. The normalized spacial score (nSPS) is 12.1. The lowest BCUT2D eigenvalue weighted by atomic mass is 10.3. The average molecular weight is 327 g/mol. The average Bonchev–Trinajstić information content (AvgIpc) is 2.48. The highest BCUT2D eigenvalue weighted by Gasteiger charge is 2.38. The molecule has 0 aromatic carbocycles. The van der Waals surface area contributed by atoms with Crippen molar-refractivity contribution in [3.63, 3.8) is 0 Å². The number of hydrogen-bond acceptors (Lipinski definition) is 6. The highest BCUT2D eigenvalue weighted by atomic mass is 28.4. The predicted octanol–water partition coefficient (Wildman–Crippen LogP) is 2.11. The van der Waals surface area contributed by atoms with E-state index in [2.05, 4.69) is 20.4 Å². The summed E-state index contributed by atoms with van der Waals surface area (Å²) in [6.45, 7) is 7.78. The highest BCUT2D eigenvalue weighted by Crippen LogP contribution is 2.18. The minimum Gasteiger partial charge on any atom is -0.377 e. The van der Waals surface area contributed by atoms with Crippen molar-refractivity contribution >= 4 is 17.6 Å². The maximum Gasteiger partial charge on any atom is 0.528 e. The molecule has 0 aromatic heterocycles. The topological polar surface area (TPSA) is 55.4 Å². The summed E-state index contributed by atoms with van der Waals surface area (Å²) in [4.78, 5) is 0. The summed E-state index contributed by atoms with van der Waals surface area (Å²) in [6.07, 6.45) is 0. The van der Waals surface area contributed by atoms with E-state index in [4.69, 9.17) is 26.6 Å². The molecule has 0 bridgehead atoms. The first kappa shape index (κ1) is 22.2. The van der Waals surface area contributed by atoms with Gasteiger partial charge in [-0.3, -0.25) is 0 Å². The zero-order chi connectivity index (χ0) is 16.2. The SMILES string of the molecule is C=C[Si](OC)(OC)OC.CO[Si](CC(C)C)(OC)OC. The van der Waals surface area contributed by atoms with Crippen LogP contribution in [0.2, 0.25) is 6.04 Å². The second-order valence-corrected chi connectivity index (χ2v) is 10.2.